The van der Waals surface area contributed by atoms with Crippen molar-refractivity contribution in [2.24, 2.45) is 0 Å². The third-order valence-corrected chi connectivity index (χ3v) is 3.15. The lowest BCUT2D eigenvalue weighted by molar-refractivity contribution is -0.141. The average Bonchev–Trinajstić information content (AvgIpc) is 2.47. The van der Waals surface area contributed by atoms with E-state index in [-0.39, 0.29) is 19.0 Å². The molecule has 21 heavy (non-hydrogen) atoms. The third kappa shape index (κ3) is 4.35. The lowest BCUT2D eigenvalue weighted by atomic mass is 10.2. The first kappa shape index (κ1) is 15.1. The van der Waals surface area contributed by atoms with Crippen LogP contribution in [0.4, 0.5) is 10.5 Å². The molecule has 0 spiro atoms. The van der Waals surface area contributed by atoms with Crippen LogP contribution in [0.25, 0.3) is 0 Å². The van der Waals surface area contributed by atoms with Crippen LogP contribution in [0.1, 0.15) is 6.42 Å². The minimum Gasteiger partial charge on any atom is -0.497 e. The molecule has 2 rings (SSSR count). The molecule has 2 amide bonds. The number of benzene rings is 1. The second-order valence-electron chi connectivity index (χ2n) is 4.70. The summed E-state index contributed by atoms with van der Waals surface area (Å²) in [5, 5.41) is 11.5. The van der Waals surface area contributed by atoms with E-state index in [4.69, 9.17) is 14.6 Å². The summed E-state index contributed by atoms with van der Waals surface area (Å²) in [6.07, 6.45) is -0.574. The van der Waals surface area contributed by atoms with Crippen LogP contribution in [-0.2, 0) is 9.53 Å². The van der Waals surface area contributed by atoms with E-state index in [9.17, 15) is 9.59 Å². The topological polar surface area (TPSA) is 88.1 Å². The number of ether oxygens (including phenoxy) is 2. The molecule has 1 aliphatic heterocycles. The molecule has 0 aromatic heterocycles. The largest absolute Gasteiger partial charge is 0.497 e. The Bertz CT molecular complexity index is 520. The van der Waals surface area contributed by atoms with Crippen LogP contribution < -0.4 is 10.1 Å². The number of nitrogens with zero attached hydrogens (tertiary/aromatic N) is 1. The van der Waals surface area contributed by atoms with Crippen molar-refractivity contribution in [1.29, 1.82) is 0 Å². The summed E-state index contributed by atoms with van der Waals surface area (Å²) < 4.78 is 10.4. The normalized spacial score (nSPS) is 18.1. The summed E-state index contributed by atoms with van der Waals surface area (Å²) in [5.41, 5.74) is 0.626. The fraction of sp³-hybridized carbons (Fsp3) is 0.429. The minimum absolute atomic E-state index is 0.108. The van der Waals surface area contributed by atoms with Crippen molar-refractivity contribution in [2.45, 2.75) is 12.5 Å². The maximum absolute atomic E-state index is 12.2. The van der Waals surface area contributed by atoms with Gasteiger partial charge in [-0.15, -0.1) is 0 Å². The molecule has 0 saturated carbocycles. The zero-order valence-corrected chi connectivity index (χ0v) is 11.7. The standard InChI is InChI=1S/C14H18N2O5/c1-20-11-4-2-3-10(7-11)15-14(19)16-5-6-21-12(9-16)8-13(17)18/h2-4,7,12H,5-6,8-9H2,1H3,(H,15,19)(H,17,18). The van der Waals surface area contributed by atoms with E-state index in [0.717, 1.165) is 0 Å². The van der Waals surface area contributed by atoms with Crippen LogP contribution in [0.5, 0.6) is 5.75 Å². The van der Waals surface area contributed by atoms with E-state index < -0.39 is 12.1 Å². The number of hydrogen-bond acceptors (Lipinski definition) is 4. The number of nitrogens with one attached hydrogen (secondary N) is 1. The fourth-order valence-corrected chi connectivity index (χ4v) is 2.13. The molecule has 0 bridgehead atoms. The van der Waals surface area contributed by atoms with Gasteiger partial charge in [-0.3, -0.25) is 4.79 Å². The SMILES string of the molecule is COc1cccc(NC(=O)N2CCOC(CC(=O)O)C2)c1. The van der Waals surface area contributed by atoms with Crippen molar-refractivity contribution in [3.8, 4) is 5.75 Å². The Balaban J connectivity index is 1.94. The summed E-state index contributed by atoms with van der Waals surface area (Å²) in [4.78, 5) is 24.4. The van der Waals surface area contributed by atoms with E-state index in [1.54, 1.807) is 36.3 Å². The van der Waals surface area contributed by atoms with Gasteiger partial charge in [0.25, 0.3) is 0 Å². The molecule has 1 aromatic rings. The van der Waals surface area contributed by atoms with Gasteiger partial charge in [-0.25, -0.2) is 4.79 Å². The van der Waals surface area contributed by atoms with Crippen LogP contribution >= 0.6 is 0 Å². The van der Waals surface area contributed by atoms with E-state index in [2.05, 4.69) is 5.32 Å². The minimum atomic E-state index is -0.935. The third-order valence-electron chi connectivity index (χ3n) is 3.15. The number of urea groups is 1. The van der Waals surface area contributed by atoms with E-state index in [1.165, 1.54) is 0 Å². The van der Waals surface area contributed by atoms with Crippen molar-refractivity contribution < 1.29 is 24.2 Å². The van der Waals surface area contributed by atoms with Crippen LogP contribution in [0.3, 0.4) is 0 Å². The molecule has 7 heteroatoms. The van der Waals surface area contributed by atoms with Gasteiger partial charge in [-0.2, -0.15) is 0 Å². The van der Waals surface area contributed by atoms with Crippen LogP contribution in [-0.4, -0.2) is 54.9 Å². The molecule has 2 N–H and O–H groups in total. The number of carboxylic acids is 1. The highest BCUT2D eigenvalue weighted by molar-refractivity contribution is 5.89. The first-order valence-electron chi connectivity index (χ1n) is 6.62. The summed E-state index contributed by atoms with van der Waals surface area (Å²) >= 11 is 0. The Morgan fingerprint density at radius 3 is 3.05 bits per heavy atom. The van der Waals surface area contributed by atoms with Crippen LogP contribution in [0.15, 0.2) is 24.3 Å². The maximum atomic E-state index is 12.2. The molecule has 0 aliphatic carbocycles. The van der Waals surface area contributed by atoms with Gasteiger partial charge in [0.15, 0.2) is 0 Å². The van der Waals surface area contributed by atoms with E-state index in [0.29, 0.717) is 24.6 Å². The summed E-state index contributed by atoms with van der Waals surface area (Å²) in [6, 6.07) is 6.76. The van der Waals surface area contributed by atoms with Crippen molar-refractivity contribution >= 4 is 17.7 Å². The highest BCUT2D eigenvalue weighted by atomic mass is 16.5. The van der Waals surface area contributed by atoms with Gasteiger partial charge < -0.3 is 24.8 Å². The summed E-state index contributed by atoms with van der Waals surface area (Å²) in [7, 11) is 1.55. The Hall–Kier alpha value is -2.28. The van der Waals surface area contributed by atoms with Gasteiger partial charge in [0.05, 0.1) is 26.2 Å². The van der Waals surface area contributed by atoms with Gasteiger partial charge >= 0.3 is 12.0 Å². The number of carbonyl (C=O) groups is 2. The molecule has 1 atom stereocenters. The highest BCUT2D eigenvalue weighted by Gasteiger charge is 2.25. The van der Waals surface area contributed by atoms with Crippen molar-refractivity contribution in [3.05, 3.63) is 24.3 Å². The van der Waals surface area contributed by atoms with Gasteiger partial charge in [-0.1, -0.05) is 6.07 Å². The molecule has 1 saturated heterocycles. The number of hydrogen-bond donors (Lipinski definition) is 2. The molecule has 1 aliphatic rings. The number of anilines is 1. The number of methoxy groups -OCH3 is 1. The van der Waals surface area contributed by atoms with Crippen molar-refractivity contribution in [3.63, 3.8) is 0 Å². The molecule has 0 radical (unpaired) electrons. The lowest BCUT2D eigenvalue weighted by Gasteiger charge is -2.32. The zero-order valence-electron chi connectivity index (χ0n) is 11.7. The molecular weight excluding hydrogens is 276 g/mol. The van der Waals surface area contributed by atoms with Crippen LogP contribution in [0, 0.1) is 0 Å². The van der Waals surface area contributed by atoms with Gasteiger partial charge in [-0.05, 0) is 12.1 Å². The lowest BCUT2D eigenvalue weighted by Crippen LogP contribution is -2.47. The molecule has 1 heterocycles. The monoisotopic (exact) mass is 294 g/mol. The maximum Gasteiger partial charge on any atom is 0.322 e. The zero-order chi connectivity index (χ0) is 15.2. The number of carbonyl (C=O) groups excluding carboxylic acids is 1. The Labute approximate surface area is 122 Å². The number of carboxylic acid groups (broad SMARTS) is 1. The molecule has 1 aromatic carbocycles. The Morgan fingerprint density at radius 1 is 1.52 bits per heavy atom. The Kier molecular flexibility index (Phi) is 4.99. The average molecular weight is 294 g/mol. The number of rotatable bonds is 4. The van der Waals surface area contributed by atoms with Gasteiger partial charge in [0.1, 0.15) is 5.75 Å². The number of aliphatic carboxylic acids is 1. The quantitative estimate of drug-likeness (QED) is 0.876. The molecule has 114 valence electrons. The summed E-state index contributed by atoms with van der Waals surface area (Å²) in [6.45, 7) is 1.04. The molecule has 1 unspecified atom stereocenters. The Morgan fingerprint density at radius 2 is 2.33 bits per heavy atom. The van der Waals surface area contributed by atoms with Gasteiger partial charge in [0.2, 0.25) is 0 Å². The highest BCUT2D eigenvalue weighted by Crippen LogP contribution is 2.18. The molecule has 1 fully saturated rings. The summed E-state index contributed by atoms with van der Waals surface area (Å²) in [5.74, 6) is -0.284. The smallest absolute Gasteiger partial charge is 0.322 e. The first-order chi connectivity index (χ1) is 10.1. The molecule has 7 nitrogen and oxygen atoms in total. The van der Waals surface area contributed by atoms with Crippen molar-refractivity contribution in [1.82, 2.24) is 4.90 Å². The molecular formula is C14H18N2O5. The predicted octanol–water partition coefficient (Wildman–Crippen LogP) is 1.40. The second-order valence-corrected chi connectivity index (χ2v) is 4.70. The van der Waals surface area contributed by atoms with Crippen molar-refractivity contribution in [2.75, 3.05) is 32.1 Å². The predicted molar refractivity (Wildman–Crippen MR) is 75.6 cm³/mol. The number of amides is 2. The van der Waals surface area contributed by atoms with Gasteiger partial charge in [0, 0.05) is 24.8 Å². The number of morpholine rings is 1. The van der Waals surface area contributed by atoms with E-state index >= 15 is 0 Å². The fourth-order valence-electron chi connectivity index (χ4n) is 2.13. The second kappa shape index (κ2) is 6.94. The van der Waals surface area contributed by atoms with E-state index in [1.807, 2.05) is 0 Å². The first-order valence-corrected chi connectivity index (χ1v) is 6.62. The van der Waals surface area contributed by atoms with Crippen LogP contribution in [0.2, 0.25) is 0 Å².